The van der Waals surface area contributed by atoms with E-state index in [0.717, 1.165) is 65.9 Å². The van der Waals surface area contributed by atoms with Crippen LogP contribution in [0.1, 0.15) is 112 Å². The highest BCUT2D eigenvalue weighted by Gasteiger charge is 2.56. The minimum Gasteiger partial charge on any atom is -0.480 e. The van der Waals surface area contributed by atoms with E-state index in [-0.39, 0.29) is 23.9 Å². The number of fused-ring (bicyclic) bond motifs is 6. The lowest BCUT2D eigenvalue weighted by atomic mass is 9.44. The van der Waals surface area contributed by atoms with Crippen LogP contribution in [-0.2, 0) is 9.53 Å². The largest absolute Gasteiger partial charge is 0.480 e. The van der Waals surface area contributed by atoms with Crippen molar-refractivity contribution in [2.75, 3.05) is 6.61 Å². The second-order valence-electron chi connectivity index (χ2n) is 17.6. The molecule has 274 valence electrons. The van der Waals surface area contributed by atoms with Crippen molar-refractivity contribution in [1.29, 1.82) is 0 Å². The SMILES string of the molecule is CC(C)CCCC(C)C1CCC2C3CC=C4CC(OC(=O)COc5cc6oc(=O)cc(-c7ccccc7)c6cc5Cl)CCC4(C)C3CCC2(C)C1. The topological polar surface area (TPSA) is 65.7 Å². The van der Waals surface area contributed by atoms with Crippen molar-refractivity contribution in [2.24, 2.45) is 46.3 Å². The highest BCUT2D eigenvalue weighted by atomic mass is 35.5. The van der Waals surface area contributed by atoms with Gasteiger partial charge in [0.05, 0.1) is 5.02 Å². The van der Waals surface area contributed by atoms with Gasteiger partial charge in [0.15, 0.2) is 6.61 Å². The first-order chi connectivity index (χ1) is 24.4. The molecule has 0 saturated heterocycles. The van der Waals surface area contributed by atoms with Gasteiger partial charge in [-0.25, -0.2) is 9.59 Å². The molecule has 7 rings (SSSR count). The number of hydrogen-bond donors (Lipinski definition) is 0. The van der Waals surface area contributed by atoms with Gasteiger partial charge in [-0.1, -0.05) is 107 Å². The van der Waals surface area contributed by atoms with E-state index in [1.165, 1.54) is 69.4 Å². The van der Waals surface area contributed by atoms with Crippen molar-refractivity contribution in [3.05, 3.63) is 75.6 Å². The Morgan fingerprint density at radius 1 is 0.980 bits per heavy atom. The molecule has 2 aromatic carbocycles. The predicted octanol–water partition coefficient (Wildman–Crippen LogP) is 11.8. The van der Waals surface area contributed by atoms with Crippen LogP contribution in [0.5, 0.6) is 5.75 Å². The summed E-state index contributed by atoms with van der Waals surface area (Å²) in [6.07, 6.45) is 17.4. The Morgan fingerprint density at radius 3 is 2.57 bits per heavy atom. The van der Waals surface area contributed by atoms with Gasteiger partial charge >= 0.3 is 11.6 Å². The Morgan fingerprint density at radius 2 is 1.78 bits per heavy atom. The zero-order chi connectivity index (χ0) is 35.9. The standard InChI is InChI=1S/C45H57ClO5/c1-28(2)10-9-11-29(3)31-14-17-37-34-16-15-32-22-33(18-21-45(32,5)38(34)19-20-44(37,4)26-31)50-43(48)27-49-41-25-40-36(23-39(41)46)35(24-42(47)51-40)30-12-7-6-8-13-30/h6-8,12-13,15,23-25,28-29,31,33-34,37-38H,9-11,14,16-22,26-27H2,1-5H3. The zero-order valence-corrected chi connectivity index (χ0v) is 32.1. The third-order valence-electron chi connectivity index (χ3n) is 13.9. The minimum absolute atomic E-state index is 0.142. The monoisotopic (exact) mass is 712 g/mol. The lowest BCUT2D eigenvalue weighted by Crippen LogP contribution is -2.52. The molecule has 4 aliphatic rings. The molecule has 1 heterocycles. The highest BCUT2D eigenvalue weighted by molar-refractivity contribution is 6.33. The maximum atomic E-state index is 13.1. The Hall–Kier alpha value is -3.05. The van der Waals surface area contributed by atoms with Gasteiger partial charge in [-0.2, -0.15) is 0 Å². The molecular formula is C45H57ClO5. The number of carbonyl (C=O) groups is 1. The van der Waals surface area contributed by atoms with Gasteiger partial charge in [0.1, 0.15) is 17.4 Å². The molecule has 0 amide bonds. The smallest absolute Gasteiger partial charge is 0.344 e. The van der Waals surface area contributed by atoms with E-state index < -0.39 is 11.6 Å². The Kier molecular flexibility index (Phi) is 10.5. The molecule has 1 aromatic heterocycles. The molecule has 8 unspecified atom stereocenters. The highest BCUT2D eigenvalue weighted by Crippen LogP contribution is 2.65. The lowest BCUT2D eigenvalue weighted by Gasteiger charge is -2.61. The van der Waals surface area contributed by atoms with E-state index >= 15 is 0 Å². The van der Waals surface area contributed by atoms with E-state index in [4.69, 9.17) is 25.5 Å². The van der Waals surface area contributed by atoms with E-state index in [1.807, 2.05) is 30.3 Å². The van der Waals surface area contributed by atoms with Crippen molar-refractivity contribution in [3.8, 4) is 16.9 Å². The normalized spacial score (nSPS) is 30.9. The van der Waals surface area contributed by atoms with Crippen molar-refractivity contribution < 1.29 is 18.7 Å². The molecule has 3 saturated carbocycles. The van der Waals surface area contributed by atoms with Crippen LogP contribution in [0, 0.1) is 46.3 Å². The first-order valence-electron chi connectivity index (χ1n) is 19.8. The molecule has 51 heavy (non-hydrogen) atoms. The number of rotatable bonds is 10. The number of hydrogen-bond acceptors (Lipinski definition) is 5. The van der Waals surface area contributed by atoms with Gasteiger partial charge in [-0.05, 0) is 115 Å². The molecule has 5 nitrogen and oxygen atoms in total. The summed E-state index contributed by atoms with van der Waals surface area (Å²) < 4.78 is 17.4. The fourth-order valence-electron chi connectivity index (χ4n) is 11.1. The maximum Gasteiger partial charge on any atom is 0.344 e. The number of benzene rings is 2. The molecule has 3 aromatic rings. The van der Waals surface area contributed by atoms with Crippen molar-refractivity contribution in [2.45, 2.75) is 118 Å². The Bertz CT molecular complexity index is 1810. The number of allylic oxidation sites excluding steroid dienone is 1. The number of carbonyl (C=O) groups excluding carboxylic acids is 1. The number of esters is 1. The van der Waals surface area contributed by atoms with E-state index in [0.29, 0.717) is 21.4 Å². The minimum atomic E-state index is -0.464. The molecule has 0 N–H and O–H groups in total. The number of halogens is 1. The molecule has 0 bridgehead atoms. The van der Waals surface area contributed by atoms with E-state index in [2.05, 4.69) is 40.7 Å². The molecular weight excluding hydrogens is 656 g/mol. The average Bonchev–Trinajstić information content (AvgIpc) is 3.10. The fourth-order valence-corrected chi connectivity index (χ4v) is 11.3. The van der Waals surface area contributed by atoms with Gasteiger partial charge in [-0.15, -0.1) is 0 Å². The van der Waals surface area contributed by atoms with Crippen molar-refractivity contribution in [3.63, 3.8) is 0 Å². The summed E-state index contributed by atoms with van der Waals surface area (Å²) in [5, 5.41) is 1.04. The maximum absolute atomic E-state index is 13.1. The third kappa shape index (κ3) is 7.44. The quantitative estimate of drug-likeness (QED) is 0.119. The summed E-state index contributed by atoms with van der Waals surface area (Å²) in [5.74, 6) is 4.76. The molecule has 6 heteroatoms. The Labute approximate surface area is 309 Å². The van der Waals surface area contributed by atoms with Crippen LogP contribution in [0.2, 0.25) is 5.02 Å². The van der Waals surface area contributed by atoms with Gasteiger partial charge in [0.25, 0.3) is 0 Å². The first-order valence-corrected chi connectivity index (χ1v) is 20.2. The van der Waals surface area contributed by atoms with Crippen molar-refractivity contribution in [1.82, 2.24) is 0 Å². The summed E-state index contributed by atoms with van der Waals surface area (Å²) >= 11 is 6.62. The molecule has 4 aliphatic carbocycles. The fraction of sp³-hybridized carbons (Fsp3) is 0.600. The third-order valence-corrected chi connectivity index (χ3v) is 14.2. The van der Waals surface area contributed by atoms with Crippen LogP contribution >= 0.6 is 11.6 Å². The summed E-state index contributed by atoms with van der Waals surface area (Å²) in [6, 6.07) is 14.4. The van der Waals surface area contributed by atoms with Crippen LogP contribution in [0.4, 0.5) is 0 Å². The van der Waals surface area contributed by atoms with Crippen LogP contribution in [-0.4, -0.2) is 18.7 Å². The van der Waals surface area contributed by atoms with E-state index in [9.17, 15) is 9.59 Å². The summed E-state index contributed by atoms with van der Waals surface area (Å²) in [7, 11) is 0. The van der Waals surface area contributed by atoms with Crippen molar-refractivity contribution >= 4 is 28.5 Å². The van der Waals surface area contributed by atoms with Gasteiger partial charge in [0, 0.05) is 23.9 Å². The van der Waals surface area contributed by atoms with Gasteiger partial charge in [-0.3, -0.25) is 0 Å². The average molecular weight is 713 g/mol. The first kappa shape index (κ1) is 36.3. The summed E-state index contributed by atoms with van der Waals surface area (Å²) in [5.41, 5.74) is 3.69. The van der Waals surface area contributed by atoms with Crippen LogP contribution < -0.4 is 10.4 Å². The number of ether oxygens (including phenoxy) is 2. The second-order valence-corrected chi connectivity index (χ2v) is 18.0. The molecule has 3 fully saturated rings. The summed E-state index contributed by atoms with van der Waals surface area (Å²) in [4.78, 5) is 25.5. The van der Waals surface area contributed by atoms with Crippen LogP contribution in [0.15, 0.2) is 69.4 Å². The van der Waals surface area contributed by atoms with E-state index in [1.54, 1.807) is 12.1 Å². The predicted molar refractivity (Wildman–Crippen MR) is 206 cm³/mol. The van der Waals surface area contributed by atoms with Gasteiger partial charge < -0.3 is 13.9 Å². The zero-order valence-electron chi connectivity index (χ0n) is 31.3. The molecule has 8 atom stereocenters. The van der Waals surface area contributed by atoms with Crippen LogP contribution in [0.3, 0.4) is 0 Å². The molecule has 0 spiro atoms. The summed E-state index contributed by atoms with van der Waals surface area (Å²) in [6.45, 7) is 12.1. The van der Waals surface area contributed by atoms with Crippen LogP contribution in [0.25, 0.3) is 22.1 Å². The van der Waals surface area contributed by atoms with Gasteiger partial charge in [0.2, 0.25) is 0 Å². The lowest BCUT2D eigenvalue weighted by molar-refractivity contribution is -0.154. The molecule has 0 aliphatic heterocycles. The molecule has 0 radical (unpaired) electrons. The second kappa shape index (κ2) is 14.8. The Balaban J connectivity index is 0.959.